The highest BCUT2D eigenvalue weighted by atomic mass is 79.9. The third-order valence-corrected chi connectivity index (χ3v) is 5.18. The average Bonchev–Trinajstić information content (AvgIpc) is 2.83. The van der Waals surface area contributed by atoms with E-state index in [1.807, 2.05) is 6.92 Å². The van der Waals surface area contributed by atoms with Crippen LogP contribution in [0.4, 0.5) is 11.4 Å². The van der Waals surface area contributed by atoms with E-state index in [4.69, 9.17) is 14.3 Å². The zero-order valence-corrected chi connectivity index (χ0v) is 19.6. The van der Waals surface area contributed by atoms with Crippen molar-refractivity contribution < 1.29 is 24.2 Å². The van der Waals surface area contributed by atoms with Crippen LogP contribution in [0.1, 0.15) is 23.6 Å². The van der Waals surface area contributed by atoms with Gasteiger partial charge < -0.3 is 14.3 Å². The van der Waals surface area contributed by atoms with Crippen molar-refractivity contribution in [1.29, 1.82) is 0 Å². The number of nitrogens with zero attached hydrogens (tertiary/aromatic N) is 3. The molecule has 0 aliphatic heterocycles. The summed E-state index contributed by atoms with van der Waals surface area (Å²) in [6.45, 7) is 2.42. The molecule has 10 nitrogen and oxygen atoms in total. The van der Waals surface area contributed by atoms with Gasteiger partial charge in [-0.3, -0.25) is 20.2 Å². The van der Waals surface area contributed by atoms with Crippen LogP contribution in [0, 0.1) is 20.2 Å². The van der Waals surface area contributed by atoms with E-state index in [1.165, 1.54) is 30.5 Å². The van der Waals surface area contributed by atoms with Crippen molar-refractivity contribution in [3.8, 4) is 11.5 Å². The van der Waals surface area contributed by atoms with Gasteiger partial charge in [-0.1, -0.05) is 29.4 Å². The fraction of sp³-hybridized carbons (Fsp3) is 0.174. The largest absolute Gasteiger partial charge is 0.490 e. The van der Waals surface area contributed by atoms with E-state index in [1.54, 1.807) is 36.4 Å². The number of ether oxygens (including phenoxy) is 2. The molecule has 0 saturated carbocycles. The standard InChI is InChI=1S/C23H20BrN3O7/c1-2-32-22-11-18(13-25-34-15-17-6-4-8-20(10-17)27(30)31)21(24)12-23(22)33-14-16-5-3-7-19(9-16)26(28)29/h3-13H,2,14-15H2,1H3/b25-13-. The summed E-state index contributed by atoms with van der Waals surface area (Å²) in [5.41, 5.74) is 1.89. The van der Waals surface area contributed by atoms with E-state index in [9.17, 15) is 20.2 Å². The number of hydrogen-bond acceptors (Lipinski definition) is 8. The molecule has 11 heteroatoms. The molecule has 3 rings (SSSR count). The predicted octanol–water partition coefficient (Wildman–Crippen LogP) is 5.79. The highest BCUT2D eigenvalue weighted by Crippen LogP contribution is 2.34. The first-order valence-corrected chi connectivity index (χ1v) is 10.9. The molecule has 3 aromatic carbocycles. The molecule has 0 aliphatic rings. The monoisotopic (exact) mass is 529 g/mol. The average molecular weight is 530 g/mol. The molecule has 0 radical (unpaired) electrons. The van der Waals surface area contributed by atoms with Crippen molar-refractivity contribution in [3.63, 3.8) is 0 Å². The van der Waals surface area contributed by atoms with Crippen LogP contribution in [0.2, 0.25) is 0 Å². The van der Waals surface area contributed by atoms with Gasteiger partial charge >= 0.3 is 0 Å². The van der Waals surface area contributed by atoms with Crippen molar-refractivity contribution in [2.45, 2.75) is 20.1 Å². The van der Waals surface area contributed by atoms with Gasteiger partial charge in [0.2, 0.25) is 0 Å². The molecular weight excluding hydrogens is 510 g/mol. The number of non-ortho nitro benzene ring substituents is 2. The Morgan fingerprint density at radius 1 is 0.882 bits per heavy atom. The summed E-state index contributed by atoms with van der Waals surface area (Å²) in [5.74, 6) is 0.922. The minimum absolute atomic E-state index is 0.0102. The lowest BCUT2D eigenvalue weighted by molar-refractivity contribution is -0.385. The highest BCUT2D eigenvalue weighted by molar-refractivity contribution is 9.10. The van der Waals surface area contributed by atoms with E-state index in [0.29, 0.717) is 39.3 Å². The number of nitro benzene ring substituents is 2. The lowest BCUT2D eigenvalue weighted by Gasteiger charge is -2.14. The van der Waals surface area contributed by atoms with E-state index in [2.05, 4.69) is 21.1 Å². The zero-order valence-electron chi connectivity index (χ0n) is 18.0. The summed E-state index contributed by atoms with van der Waals surface area (Å²) in [7, 11) is 0. The van der Waals surface area contributed by atoms with E-state index >= 15 is 0 Å². The van der Waals surface area contributed by atoms with Gasteiger partial charge in [-0.05, 0) is 46.1 Å². The van der Waals surface area contributed by atoms with E-state index in [-0.39, 0.29) is 24.6 Å². The first kappa shape index (κ1) is 24.6. The molecular formula is C23H20BrN3O7. The van der Waals surface area contributed by atoms with Gasteiger partial charge in [0.15, 0.2) is 11.5 Å². The Labute approximate surface area is 203 Å². The van der Waals surface area contributed by atoms with Crippen LogP contribution in [0.15, 0.2) is 70.3 Å². The molecule has 176 valence electrons. The number of benzene rings is 3. The molecule has 0 aliphatic carbocycles. The highest BCUT2D eigenvalue weighted by Gasteiger charge is 2.12. The molecule has 34 heavy (non-hydrogen) atoms. The second-order valence-electron chi connectivity index (χ2n) is 6.90. The van der Waals surface area contributed by atoms with Gasteiger partial charge in [-0.15, -0.1) is 0 Å². The maximum atomic E-state index is 11.0. The first-order valence-electron chi connectivity index (χ1n) is 10.1. The van der Waals surface area contributed by atoms with E-state index < -0.39 is 9.85 Å². The van der Waals surface area contributed by atoms with Crippen molar-refractivity contribution in [2.24, 2.45) is 5.16 Å². The normalized spacial score (nSPS) is 10.8. The molecule has 3 aromatic rings. The summed E-state index contributed by atoms with van der Waals surface area (Å²) in [6.07, 6.45) is 1.48. The van der Waals surface area contributed by atoms with Gasteiger partial charge in [0.05, 0.1) is 22.7 Å². The van der Waals surface area contributed by atoms with Crippen molar-refractivity contribution >= 4 is 33.5 Å². The quantitative estimate of drug-likeness (QED) is 0.174. The van der Waals surface area contributed by atoms with Crippen LogP contribution in [-0.4, -0.2) is 22.7 Å². The molecule has 0 saturated heterocycles. The number of halogens is 1. The van der Waals surface area contributed by atoms with Crippen molar-refractivity contribution in [3.05, 3.63) is 102 Å². The summed E-state index contributed by atoms with van der Waals surface area (Å²) in [4.78, 5) is 26.2. The molecule has 0 heterocycles. The smallest absolute Gasteiger partial charge is 0.269 e. The number of oxime groups is 1. The third kappa shape index (κ3) is 6.75. The second-order valence-corrected chi connectivity index (χ2v) is 7.76. The Morgan fingerprint density at radius 2 is 1.47 bits per heavy atom. The maximum absolute atomic E-state index is 11.0. The molecule has 0 N–H and O–H groups in total. The Morgan fingerprint density at radius 3 is 2.06 bits per heavy atom. The lowest BCUT2D eigenvalue weighted by atomic mass is 10.2. The lowest BCUT2D eigenvalue weighted by Crippen LogP contribution is -2.01. The topological polar surface area (TPSA) is 126 Å². The zero-order chi connectivity index (χ0) is 24.5. The van der Waals surface area contributed by atoms with Gasteiger partial charge in [-0.2, -0.15) is 0 Å². The Kier molecular flexibility index (Phi) is 8.52. The second kappa shape index (κ2) is 11.8. The maximum Gasteiger partial charge on any atom is 0.269 e. The molecule has 0 unspecified atom stereocenters. The predicted molar refractivity (Wildman–Crippen MR) is 128 cm³/mol. The first-order chi connectivity index (χ1) is 16.4. The van der Waals surface area contributed by atoms with Crippen LogP contribution < -0.4 is 9.47 Å². The fourth-order valence-electron chi connectivity index (χ4n) is 2.92. The SMILES string of the molecule is CCOc1cc(/C=N\OCc2cccc([N+](=O)[O-])c2)c(Br)cc1OCc1cccc([N+](=O)[O-])c1. The Bertz CT molecular complexity index is 1220. The van der Waals surface area contributed by atoms with Crippen LogP contribution >= 0.6 is 15.9 Å². The summed E-state index contributed by atoms with van der Waals surface area (Å²) < 4.78 is 12.2. The van der Waals surface area contributed by atoms with Crippen molar-refractivity contribution in [1.82, 2.24) is 0 Å². The van der Waals surface area contributed by atoms with Gasteiger partial charge in [0.1, 0.15) is 13.2 Å². The molecule has 0 atom stereocenters. The molecule has 0 spiro atoms. The van der Waals surface area contributed by atoms with Gasteiger partial charge in [-0.25, -0.2) is 0 Å². The van der Waals surface area contributed by atoms with Crippen LogP contribution in [0.3, 0.4) is 0 Å². The molecule has 0 amide bonds. The van der Waals surface area contributed by atoms with Gasteiger partial charge in [0.25, 0.3) is 11.4 Å². The van der Waals surface area contributed by atoms with E-state index in [0.717, 1.165) is 0 Å². The summed E-state index contributed by atoms with van der Waals surface area (Å²) >= 11 is 3.47. The van der Waals surface area contributed by atoms with Crippen LogP contribution in [0.25, 0.3) is 0 Å². The number of nitro groups is 2. The fourth-order valence-corrected chi connectivity index (χ4v) is 3.34. The molecule has 0 aromatic heterocycles. The Balaban J connectivity index is 1.69. The third-order valence-electron chi connectivity index (χ3n) is 4.50. The Hall–Kier alpha value is -3.99. The minimum Gasteiger partial charge on any atom is -0.490 e. The number of hydrogen-bond donors (Lipinski definition) is 0. The molecule has 0 fully saturated rings. The van der Waals surface area contributed by atoms with Crippen LogP contribution in [0.5, 0.6) is 11.5 Å². The summed E-state index contributed by atoms with van der Waals surface area (Å²) in [6, 6.07) is 15.8. The molecule has 0 bridgehead atoms. The summed E-state index contributed by atoms with van der Waals surface area (Å²) in [5, 5.41) is 25.8. The van der Waals surface area contributed by atoms with Crippen molar-refractivity contribution in [2.75, 3.05) is 6.61 Å². The van der Waals surface area contributed by atoms with Gasteiger partial charge in [0, 0.05) is 34.3 Å². The minimum atomic E-state index is -0.470. The van der Waals surface area contributed by atoms with Crippen LogP contribution in [-0.2, 0) is 18.1 Å². The number of rotatable bonds is 11.